The molecule has 8 heteroatoms. The van der Waals surface area contributed by atoms with Crippen molar-refractivity contribution in [3.63, 3.8) is 0 Å². The summed E-state index contributed by atoms with van der Waals surface area (Å²) in [6.45, 7) is 3.44. The van der Waals surface area contributed by atoms with Gasteiger partial charge in [0.05, 0.1) is 34.9 Å². The standard InChI is InChI=1S/C19H20N4O3S/c1-12-15-17(24)21-11-22-18(15)27-16(12)19(25)23(10-14-6-4-8-26-14)9-13-5-2-3-7-20-13/h2-3,5,7,11,14H,4,6,8-10H2,1H3,(H,21,22,24). The third kappa shape index (κ3) is 3.63. The molecule has 7 nitrogen and oxygen atoms in total. The third-order valence-electron chi connectivity index (χ3n) is 4.74. The average Bonchev–Trinajstić information content (AvgIpc) is 3.30. The molecular weight excluding hydrogens is 364 g/mol. The van der Waals surface area contributed by atoms with Crippen molar-refractivity contribution >= 4 is 27.5 Å². The number of nitrogens with one attached hydrogen (secondary N) is 1. The molecule has 3 aromatic rings. The summed E-state index contributed by atoms with van der Waals surface area (Å²) in [6, 6.07) is 5.66. The molecule has 1 unspecified atom stereocenters. The van der Waals surface area contributed by atoms with Crippen LogP contribution in [-0.4, -0.2) is 45.0 Å². The molecule has 0 saturated carbocycles. The Morgan fingerprint density at radius 3 is 3.00 bits per heavy atom. The van der Waals surface area contributed by atoms with Crippen molar-refractivity contribution in [1.29, 1.82) is 0 Å². The van der Waals surface area contributed by atoms with Crippen molar-refractivity contribution in [3.05, 3.63) is 57.2 Å². The van der Waals surface area contributed by atoms with E-state index in [0.717, 1.165) is 25.1 Å². The van der Waals surface area contributed by atoms with E-state index < -0.39 is 0 Å². The van der Waals surface area contributed by atoms with Crippen LogP contribution in [0.25, 0.3) is 10.2 Å². The fourth-order valence-corrected chi connectivity index (χ4v) is 4.48. The fraction of sp³-hybridized carbons (Fsp3) is 0.368. The van der Waals surface area contributed by atoms with Gasteiger partial charge in [0.1, 0.15) is 4.83 Å². The lowest BCUT2D eigenvalue weighted by atomic mass is 10.1. The lowest BCUT2D eigenvalue weighted by molar-refractivity contribution is 0.0507. The molecule has 1 N–H and O–H groups in total. The molecule has 0 aromatic carbocycles. The predicted octanol–water partition coefficient (Wildman–Crippen LogP) is 2.51. The van der Waals surface area contributed by atoms with Crippen molar-refractivity contribution < 1.29 is 9.53 Å². The molecule has 0 bridgehead atoms. The SMILES string of the molecule is Cc1c(C(=O)N(Cc2ccccn2)CC2CCCO2)sc2nc[nH]c(=O)c12. The number of carbonyl (C=O) groups is 1. The Hall–Kier alpha value is -2.58. The quantitative estimate of drug-likeness (QED) is 0.730. The number of thiophene rings is 1. The molecule has 1 aliphatic rings. The van der Waals surface area contributed by atoms with E-state index >= 15 is 0 Å². The van der Waals surface area contributed by atoms with Crippen molar-refractivity contribution in [2.24, 2.45) is 0 Å². The van der Waals surface area contributed by atoms with Gasteiger partial charge in [-0.15, -0.1) is 11.3 Å². The number of rotatable bonds is 5. The lowest BCUT2D eigenvalue weighted by Crippen LogP contribution is -2.37. The summed E-state index contributed by atoms with van der Waals surface area (Å²) in [7, 11) is 0. The molecule has 1 fully saturated rings. The number of hydrogen-bond donors (Lipinski definition) is 1. The van der Waals surface area contributed by atoms with Crippen LogP contribution in [0.15, 0.2) is 35.5 Å². The van der Waals surface area contributed by atoms with Crippen LogP contribution in [0.1, 0.15) is 33.8 Å². The van der Waals surface area contributed by atoms with Gasteiger partial charge in [-0.25, -0.2) is 4.98 Å². The summed E-state index contributed by atoms with van der Waals surface area (Å²) >= 11 is 1.26. The highest BCUT2D eigenvalue weighted by atomic mass is 32.1. The Morgan fingerprint density at radius 1 is 1.41 bits per heavy atom. The van der Waals surface area contributed by atoms with Gasteiger partial charge >= 0.3 is 0 Å². The summed E-state index contributed by atoms with van der Waals surface area (Å²) in [5.74, 6) is -0.115. The Bertz CT molecular complexity index is 1010. The molecular formula is C19H20N4O3S. The molecule has 4 rings (SSSR count). The topological polar surface area (TPSA) is 88.2 Å². The van der Waals surface area contributed by atoms with E-state index in [4.69, 9.17) is 4.74 Å². The third-order valence-corrected chi connectivity index (χ3v) is 5.93. The summed E-state index contributed by atoms with van der Waals surface area (Å²) in [5.41, 5.74) is 1.27. The zero-order valence-electron chi connectivity index (χ0n) is 15.0. The minimum atomic E-state index is -0.219. The maximum absolute atomic E-state index is 13.4. The van der Waals surface area contributed by atoms with E-state index in [9.17, 15) is 9.59 Å². The van der Waals surface area contributed by atoms with E-state index in [1.807, 2.05) is 18.2 Å². The second-order valence-corrected chi connectivity index (χ2v) is 7.61. The highest BCUT2D eigenvalue weighted by molar-refractivity contribution is 7.20. The predicted molar refractivity (Wildman–Crippen MR) is 103 cm³/mol. The zero-order valence-corrected chi connectivity index (χ0v) is 15.8. The molecule has 140 valence electrons. The number of hydrogen-bond acceptors (Lipinski definition) is 6. The van der Waals surface area contributed by atoms with Crippen LogP contribution in [0.3, 0.4) is 0 Å². The van der Waals surface area contributed by atoms with Crippen LogP contribution in [0, 0.1) is 6.92 Å². The van der Waals surface area contributed by atoms with E-state index in [0.29, 0.717) is 33.7 Å². The maximum atomic E-state index is 13.4. The number of nitrogens with zero attached hydrogens (tertiary/aromatic N) is 3. The summed E-state index contributed by atoms with van der Waals surface area (Å²) in [5, 5.41) is 0.487. The lowest BCUT2D eigenvalue weighted by Gasteiger charge is -2.25. The highest BCUT2D eigenvalue weighted by Crippen LogP contribution is 2.28. The van der Waals surface area contributed by atoms with Gasteiger partial charge in [0, 0.05) is 19.3 Å². The second-order valence-electron chi connectivity index (χ2n) is 6.61. The molecule has 1 amide bonds. The minimum absolute atomic E-state index is 0.0360. The van der Waals surface area contributed by atoms with Gasteiger partial charge < -0.3 is 14.6 Å². The molecule has 0 aliphatic carbocycles. The zero-order chi connectivity index (χ0) is 18.8. The van der Waals surface area contributed by atoms with Crippen LogP contribution in [0.2, 0.25) is 0 Å². The van der Waals surface area contributed by atoms with Crippen LogP contribution in [-0.2, 0) is 11.3 Å². The molecule has 1 saturated heterocycles. The molecule has 3 aromatic heterocycles. The number of amides is 1. The van der Waals surface area contributed by atoms with E-state index in [1.165, 1.54) is 17.7 Å². The number of pyridine rings is 1. The fourth-order valence-electron chi connectivity index (χ4n) is 3.37. The van der Waals surface area contributed by atoms with E-state index in [-0.39, 0.29) is 17.6 Å². The van der Waals surface area contributed by atoms with Gasteiger partial charge in [0.2, 0.25) is 0 Å². The Kier molecular flexibility index (Phi) is 5.00. The van der Waals surface area contributed by atoms with Crippen LogP contribution in [0.4, 0.5) is 0 Å². The second kappa shape index (κ2) is 7.58. The van der Waals surface area contributed by atoms with Gasteiger partial charge in [-0.3, -0.25) is 14.6 Å². The Balaban J connectivity index is 1.68. The first-order valence-electron chi connectivity index (χ1n) is 8.91. The summed E-state index contributed by atoms with van der Waals surface area (Å²) in [6.07, 6.45) is 5.08. The maximum Gasteiger partial charge on any atom is 0.264 e. The number of aromatic amines is 1. The largest absolute Gasteiger partial charge is 0.376 e. The number of aryl methyl sites for hydroxylation is 1. The van der Waals surface area contributed by atoms with Gasteiger partial charge in [-0.1, -0.05) is 6.07 Å². The molecule has 0 spiro atoms. The van der Waals surface area contributed by atoms with Crippen molar-refractivity contribution in [2.45, 2.75) is 32.4 Å². The normalized spacial score (nSPS) is 16.7. The summed E-state index contributed by atoms with van der Waals surface area (Å²) in [4.78, 5) is 39.5. The molecule has 0 radical (unpaired) electrons. The first-order valence-corrected chi connectivity index (χ1v) is 9.72. The minimum Gasteiger partial charge on any atom is -0.376 e. The van der Waals surface area contributed by atoms with Crippen LogP contribution >= 0.6 is 11.3 Å². The number of carbonyl (C=O) groups excluding carboxylic acids is 1. The van der Waals surface area contributed by atoms with Gasteiger partial charge in [0.15, 0.2) is 0 Å². The number of fused-ring (bicyclic) bond motifs is 1. The van der Waals surface area contributed by atoms with E-state index in [1.54, 1.807) is 18.0 Å². The summed E-state index contributed by atoms with van der Waals surface area (Å²) < 4.78 is 5.74. The number of H-pyrrole nitrogens is 1. The average molecular weight is 384 g/mol. The molecule has 1 atom stereocenters. The first kappa shape index (κ1) is 17.8. The van der Waals surface area contributed by atoms with Gasteiger partial charge in [0.25, 0.3) is 11.5 Å². The van der Waals surface area contributed by atoms with Crippen LogP contribution in [0.5, 0.6) is 0 Å². The van der Waals surface area contributed by atoms with Gasteiger partial charge in [-0.05, 0) is 37.5 Å². The number of aromatic nitrogens is 3. The van der Waals surface area contributed by atoms with Crippen molar-refractivity contribution in [1.82, 2.24) is 19.9 Å². The van der Waals surface area contributed by atoms with Gasteiger partial charge in [-0.2, -0.15) is 0 Å². The smallest absolute Gasteiger partial charge is 0.264 e. The van der Waals surface area contributed by atoms with Crippen molar-refractivity contribution in [2.75, 3.05) is 13.2 Å². The Morgan fingerprint density at radius 2 is 2.30 bits per heavy atom. The molecule has 27 heavy (non-hydrogen) atoms. The molecule has 1 aliphatic heterocycles. The first-order chi connectivity index (χ1) is 13.1. The number of ether oxygens (including phenoxy) is 1. The Labute approximate surface area is 160 Å². The van der Waals surface area contributed by atoms with E-state index in [2.05, 4.69) is 15.0 Å². The molecule has 4 heterocycles. The van der Waals surface area contributed by atoms with Crippen molar-refractivity contribution in [3.8, 4) is 0 Å². The van der Waals surface area contributed by atoms with Crippen LogP contribution < -0.4 is 5.56 Å². The highest BCUT2D eigenvalue weighted by Gasteiger charge is 2.27. The monoisotopic (exact) mass is 384 g/mol.